The Morgan fingerprint density at radius 2 is 2.17 bits per heavy atom. The van der Waals surface area contributed by atoms with Crippen molar-refractivity contribution < 1.29 is 19.7 Å². The van der Waals surface area contributed by atoms with E-state index in [0.29, 0.717) is 50.5 Å². The number of aliphatic hydroxyl groups is 2. The summed E-state index contributed by atoms with van der Waals surface area (Å²) in [4.78, 5) is 8.83. The summed E-state index contributed by atoms with van der Waals surface area (Å²) >= 11 is 0. The quantitative estimate of drug-likeness (QED) is 0.249. The Balaban J connectivity index is 1.59. The molecule has 0 spiro atoms. The summed E-state index contributed by atoms with van der Waals surface area (Å²) < 4.78 is 13.0. The number of nitrogen functional groups attached to an aromatic ring is 1. The summed E-state index contributed by atoms with van der Waals surface area (Å²) in [5, 5.41) is 31.1. The maximum Gasteiger partial charge on any atom is 0.222 e. The van der Waals surface area contributed by atoms with E-state index in [1.807, 2.05) is 16.8 Å². The molecule has 1 saturated heterocycles. The fourth-order valence-corrected chi connectivity index (χ4v) is 4.62. The Morgan fingerprint density at radius 3 is 2.92 bits per heavy atom. The Hall–Kier alpha value is -2.99. The van der Waals surface area contributed by atoms with Gasteiger partial charge in [0.05, 0.1) is 38.6 Å². The first-order valence-electron chi connectivity index (χ1n) is 12.5. The van der Waals surface area contributed by atoms with Gasteiger partial charge < -0.3 is 36.1 Å². The minimum Gasteiger partial charge on any atom is -0.496 e. The number of rotatable bonds is 12. The van der Waals surface area contributed by atoms with E-state index in [9.17, 15) is 10.2 Å². The summed E-state index contributed by atoms with van der Waals surface area (Å²) in [5.41, 5.74) is 9.38. The number of hydrogen-bond donors (Lipinski definition) is 5. The maximum absolute atomic E-state index is 10.2. The Labute approximate surface area is 211 Å². The molecule has 0 amide bonds. The molecule has 3 aromatic rings. The van der Waals surface area contributed by atoms with Gasteiger partial charge in [0.2, 0.25) is 5.95 Å². The number of nitrogens with zero attached hydrogens (tertiary/aromatic N) is 4. The number of aromatic nitrogens is 4. The predicted octanol–water partition coefficient (Wildman–Crippen LogP) is 1.67. The third-order valence-electron chi connectivity index (χ3n) is 6.51. The molecule has 11 nitrogen and oxygen atoms in total. The Morgan fingerprint density at radius 1 is 1.31 bits per heavy atom. The molecule has 2 aromatic heterocycles. The SMILES string of the molecule is CCC[C@@H](CCO)Nc1nc(N)nc2cnn(Cc3cc(CN[C@H]4COCC[C@@H]4O)ccc3OC)c12. The zero-order chi connectivity index (χ0) is 25.5. The molecule has 36 heavy (non-hydrogen) atoms. The first-order valence-corrected chi connectivity index (χ1v) is 12.5. The number of hydrogen-bond acceptors (Lipinski definition) is 10. The number of nitrogens with two attached hydrogens (primary N) is 1. The Bertz CT molecular complexity index is 1130. The number of ether oxygens (including phenoxy) is 2. The Kier molecular flexibility index (Phi) is 8.92. The van der Waals surface area contributed by atoms with E-state index in [1.165, 1.54) is 0 Å². The molecule has 1 fully saturated rings. The van der Waals surface area contributed by atoms with Gasteiger partial charge >= 0.3 is 0 Å². The minimum atomic E-state index is -0.410. The van der Waals surface area contributed by atoms with Gasteiger partial charge in [-0.05, 0) is 37.0 Å². The van der Waals surface area contributed by atoms with Crippen LogP contribution in [0.25, 0.3) is 11.0 Å². The second-order valence-electron chi connectivity index (χ2n) is 9.17. The van der Waals surface area contributed by atoms with Gasteiger partial charge in [-0.1, -0.05) is 19.4 Å². The van der Waals surface area contributed by atoms with Crippen LogP contribution in [0.3, 0.4) is 0 Å². The molecule has 1 aliphatic heterocycles. The van der Waals surface area contributed by atoms with E-state index in [1.54, 1.807) is 13.3 Å². The zero-order valence-electron chi connectivity index (χ0n) is 21.0. The summed E-state index contributed by atoms with van der Waals surface area (Å²) in [6, 6.07) is 5.99. The van der Waals surface area contributed by atoms with Gasteiger partial charge in [0.15, 0.2) is 5.82 Å². The number of aliphatic hydroxyl groups excluding tert-OH is 2. The molecule has 0 unspecified atom stereocenters. The number of fused-ring (bicyclic) bond motifs is 1. The van der Waals surface area contributed by atoms with Gasteiger partial charge in [-0.2, -0.15) is 10.1 Å². The molecule has 11 heteroatoms. The van der Waals surface area contributed by atoms with E-state index < -0.39 is 6.10 Å². The third-order valence-corrected chi connectivity index (χ3v) is 6.51. The lowest BCUT2D eigenvalue weighted by atomic mass is 10.1. The van der Waals surface area contributed by atoms with E-state index >= 15 is 0 Å². The lowest BCUT2D eigenvalue weighted by Crippen LogP contribution is -2.46. The fraction of sp³-hybridized carbons (Fsp3) is 0.560. The second kappa shape index (κ2) is 12.3. The van der Waals surface area contributed by atoms with Crippen LogP contribution in [0.4, 0.5) is 11.8 Å². The lowest BCUT2D eigenvalue weighted by molar-refractivity contribution is -0.0159. The van der Waals surface area contributed by atoms with Crippen LogP contribution in [0.1, 0.15) is 43.7 Å². The molecule has 1 aromatic carbocycles. The number of nitrogens with one attached hydrogen (secondary N) is 2. The molecular weight excluding hydrogens is 462 g/mol. The highest BCUT2D eigenvalue weighted by atomic mass is 16.5. The highest BCUT2D eigenvalue weighted by Crippen LogP contribution is 2.27. The van der Waals surface area contributed by atoms with E-state index in [0.717, 1.165) is 35.2 Å². The van der Waals surface area contributed by atoms with Gasteiger partial charge in [-0.3, -0.25) is 4.68 Å². The van der Waals surface area contributed by atoms with Crippen molar-refractivity contribution in [2.45, 2.75) is 63.9 Å². The summed E-state index contributed by atoms with van der Waals surface area (Å²) in [6.07, 6.45) is 4.39. The van der Waals surface area contributed by atoms with Crippen LogP contribution in [0.2, 0.25) is 0 Å². The van der Waals surface area contributed by atoms with Crippen LogP contribution in [0.5, 0.6) is 5.75 Å². The van der Waals surface area contributed by atoms with Crippen molar-refractivity contribution in [3.05, 3.63) is 35.5 Å². The monoisotopic (exact) mass is 499 g/mol. The highest BCUT2D eigenvalue weighted by Gasteiger charge is 2.23. The zero-order valence-corrected chi connectivity index (χ0v) is 21.0. The summed E-state index contributed by atoms with van der Waals surface area (Å²) in [7, 11) is 1.65. The average molecular weight is 500 g/mol. The molecule has 6 N–H and O–H groups in total. The van der Waals surface area contributed by atoms with Crippen LogP contribution in [0, 0.1) is 0 Å². The standard InChI is InChI=1S/C25H37N7O4/c1-3-4-18(7-9-33)29-24-23-19(30-25(26)31-24)13-28-32(23)14-17-11-16(5-6-22(17)35-2)12-27-20-15-36-10-8-21(20)34/h5-6,11,13,18,20-21,27,33-34H,3-4,7-10,12,14-15H2,1-2H3,(H3,26,29,30,31)/t18-,20-,21-/m0/s1. The van der Waals surface area contributed by atoms with Crippen molar-refractivity contribution in [2.75, 3.05) is 38.0 Å². The van der Waals surface area contributed by atoms with Crippen LogP contribution in [-0.2, 0) is 17.8 Å². The van der Waals surface area contributed by atoms with Gasteiger partial charge in [0.25, 0.3) is 0 Å². The average Bonchev–Trinajstić information content (AvgIpc) is 3.26. The van der Waals surface area contributed by atoms with Gasteiger partial charge in [0, 0.05) is 31.4 Å². The molecule has 0 aliphatic carbocycles. The van der Waals surface area contributed by atoms with Crippen molar-refractivity contribution in [3.63, 3.8) is 0 Å². The molecule has 3 heterocycles. The number of benzene rings is 1. The largest absolute Gasteiger partial charge is 0.496 e. The minimum absolute atomic E-state index is 0.0592. The van der Waals surface area contributed by atoms with Gasteiger partial charge in [-0.15, -0.1) is 0 Å². The normalized spacial score (nSPS) is 18.9. The molecule has 3 atom stereocenters. The van der Waals surface area contributed by atoms with Crippen LogP contribution in [-0.4, -0.2) is 75.1 Å². The van der Waals surface area contributed by atoms with Gasteiger partial charge in [0.1, 0.15) is 16.8 Å². The molecule has 196 valence electrons. The highest BCUT2D eigenvalue weighted by molar-refractivity contribution is 5.86. The lowest BCUT2D eigenvalue weighted by Gasteiger charge is -2.28. The molecule has 0 saturated carbocycles. The number of methoxy groups -OCH3 is 1. The number of anilines is 2. The summed E-state index contributed by atoms with van der Waals surface area (Å²) in [5.74, 6) is 1.52. The fourth-order valence-electron chi connectivity index (χ4n) is 4.62. The van der Waals surface area contributed by atoms with Gasteiger partial charge in [-0.25, -0.2) is 4.98 Å². The van der Waals surface area contributed by atoms with Crippen LogP contribution >= 0.6 is 0 Å². The van der Waals surface area contributed by atoms with Crippen molar-refractivity contribution in [1.29, 1.82) is 0 Å². The predicted molar refractivity (Wildman–Crippen MR) is 138 cm³/mol. The van der Waals surface area contributed by atoms with Crippen molar-refractivity contribution in [1.82, 2.24) is 25.1 Å². The smallest absolute Gasteiger partial charge is 0.222 e. The van der Waals surface area contributed by atoms with Crippen molar-refractivity contribution in [3.8, 4) is 5.75 Å². The third kappa shape index (κ3) is 6.22. The van der Waals surface area contributed by atoms with Crippen molar-refractivity contribution in [2.24, 2.45) is 0 Å². The van der Waals surface area contributed by atoms with Crippen LogP contribution in [0.15, 0.2) is 24.4 Å². The second-order valence-corrected chi connectivity index (χ2v) is 9.17. The molecule has 0 bridgehead atoms. The first-order chi connectivity index (χ1) is 17.5. The van der Waals surface area contributed by atoms with E-state index in [4.69, 9.17) is 15.2 Å². The summed E-state index contributed by atoms with van der Waals surface area (Å²) in [6.45, 7) is 4.32. The molecule has 1 aliphatic rings. The van der Waals surface area contributed by atoms with Crippen molar-refractivity contribution >= 4 is 22.8 Å². The molecule has 0 radical (unpaired) electrons. The molecule has 4 rings (SSSR count). The van der Waals surface area contributed by atoms with Crippen LogP contribution < -0.4 is 21.1 Å². The topological polar surface area (TPSA) is 153 Å². The first kappa shape index (κ1) is 26.1. The molecular formula is C25H37N7O4. The van der Waals surface area contributed by atoms with E-state index in [-0.39, 0.29) is 24.6 Å². The maximum atomic E-state index is 10.2. The van der Waals surface area contributed by atoms with E-state index in [2.05, 4.69) is 38.7 Å².